The van der Waals surface area contributed by atoms with Crippen molar-refractivity contribution < 1.29 is 13.2 Å². The lowest BCUT2D eigenvalue weighted by Gasteiger charge is -2.16. The van der Waals surface area contributed by atoms with Gasteiger partial charge in [-0.25, -0.2) is 13.1 Å². The Morgan fingerprint density at radius 1 is 1.20 bits per heavy atom. The summed E-state index contributed by atoms with van der Waals surface area (Å²) in [5, 5.41) is 0. The van der Waals surface area contributed by atoms with E-state index in [2.05, 4.69) is 4.72 Å². The van der Waals surface area contributed by atoms with E-state index in [0.717, 1.165) is 19.3 Å². The van der Waals surface area contributed by atoms with E-state index in [-0.39, 0.29) is 0 Å². The molecule has 0 atom stereocenters. The third kappa shape index (κ3) is 4.04. The van der Waals surface area contributed by atoms with Crippen molar-refractivity contribution in [2.45, 2.75) is 43.9 Å². The highest BCUT2D eigenvalue weighted by Crippen LogP contribution is 2.23. The van der Waals surface area contributed by atoms with E-state index in [4.69, 9.17) is 4.74 Å². The molecule has 20 heavy (non-hydrogen) atoms. The number of ether oxygens (including phenoxy) is 1. The topological polar surface area (TPSA) is 55.4 Å². The van der Waals surface area contributed by atoms with Gasteiger partial charge in [0.05, 0.1) is 4.90 Å². The lowest BCUT2D eigenvalue weighted by molar-refractivity contribution is 0.146. The predicted molar refractivity (Wildman–Crippen MR) is 79.4 cm³/mol. The molecular weight excluding hydrogens is 274 g/mol. The summed E-state index contributed by atoms with van der Waals surface area (Å²) in [6.45, 7) is 3.59. The van der Waals surface area contributed by atoms with Crippen molar-refractivity contribution in [2.75, 3.05) is 19.8 Å². The smallest absolute Gasteiger partial charge is 0.240 e. The molecule has 1 aromatic rings. The molecule has 0 aliphatic heterocycles. The monoisotopic (exact) mass is 297 g/mol. The molecule has 0 saturated heterocycles. The Morgan fingerprint density at radius 2 is 1.95 bits per heavy atom. The standard InChI is InChI=1S/C15H23NO3S/c1-2-19-11-5-10-16-20(17,18)15-9-8-13-6-3-4-7-14(13)12-15/h8-9,12,16H,2-7,10-11H2,1H3. The fourth-order valence-corrected chi connectivity index (χ4v) is 3.61. The fraction of sp³-hybridized carbons (Fsp3) is 0.600. The van der Waals surface area contributed by atoms with Crippen molar-refractivity contribution in [3.05, 3.63) is 29.3 Å². The number of rotatable bonds is 7. The maximum atomic E-state index is 12.2. The van der Waals surface area contributed by atoms with Crippen LogP contribution in [0.3, 0.4) is 0 Å². The number of aryl methyl sites for hydroxylation is 2. The zero-order valence-electron chi connectivity index (χ0n) is 12.0. The minimum Gasteiger partial charge on any atom is -0.382 e. The molecule has 1 aromatic carbocycles. The molecule has 1 aliphatic rings. The number of fused-ring (bicyclic) bond motifs is 1. The molecule has 5 heteroatoms. The second-order valence-electron chi connectivity index (χ2n) is 5.09. The molecular formula is C15H23NO3S. The number of hydrogen-bond acceptors (Lipinski definition) is 3. The van der Waals surface area contributed by atoms with Crippen molar-refractivity contribution in [1.82, 2.24) is 4.72 Å². The first-order valence-corrected chi connectivity index (χ1v) is 8.81. The Balaban J connectivity index is 1.98. The molecule has 0 saturated carbocycles. The number of benzene rings is 1. The first-order chi connectivity index (χ1) is 9.63. The summed E-state index contributed by atoms with van der Waals surface area (Å²) < 4.78 is 32.2. The van der Waals surface area contributed by atoms with Gasteiger partial charge in [0.1, 0.15) is 0 Å². The molecule has 0 heterocycles. The molecule has 0 unspecified atom stereocenters. The van der Waals surface area contributed by atoms with Crippen molar-refractivity contribution in [2.24, 2.45) is 0 Å². The summed E-state index contributed by atoms with van der Waals surface area (Å²) >= 11 is 0. The fourth-order valence-electron chi connectivity index (χ4n) is 2.49. The molecule has 0 aromatic heterocycles. The number of nitrogens with one attached hydrogen (secondary N) is 1. The summed E-state index contributed by atoms with van der Waals surface area (Å²) in [7, 11) is -3.39. The highest BCUT2D eigenvalue weighted by molar-refractivity contribution is 7.89. The van der Waals surface area contributed by atoms with Gasteiger partial charge in [-0.3, -0.25) is 0 Å². The zero-order valence-corrected chi connectivity index (χ0v) is 12.8. The third-order valence-electron chi connectivity index (χ3n) is 3.59. The van der Waals surface area contributed by atoms with Crippen molar-refractivity contribution in [3.63, 3.8) is 0 Å². The molecule has 0 amide bonds. The maximum Gasteiger partial charge on any atom is 0.240 e. The first-order valence-electron chi connectivity index (χ1n) is 7.32. The van der Waals surface area contributed by atoms with Gasteiger partial charge < -0.3 is 4.74 Å². The van der Waals surface area contributed by atoms with Crippen LogP contribution in [-0.2, 0) is 27.6 Å². The minimum atomic E-state index is -3.39. The van der Waals surface area contributed by atoms with Crippen LogP contribution in [0.15, 0.2) is 23.1 Å². The lowest BCUT2D eigenvalue weighted by atomic mass is 9.92. The first kappa shape index (κ1) is 15.5. The normalized spacial score (nSPS) is 15.1. The van der Waals surface area contributed by atoms with Gasteiger partial charge >= 0.3 is 0 Å². The van der Waals surface area contributed by atoms with Gasteiger partial charge in [-0.05, 0) is 62.3 Å². The molecule has 112 valence electrons. The second kappa shape index (κ2) is 7.20. The van der Waals surface area contributed by atoms with Gasteiger partial charge in [-0.1, -0.05) is 6.07 Å². The second-order valence-corrected chi connectivity index (χ2v) is 6.85. The van der Waals surface area contributed by atoms with E-state index < -0.39 is 10.0 Å². The number of hydrogen-bond donors (Lipinski definition) is 1. The van der Waals surface area contributed by atoms with Crippen LogP contribution in [0.1, 0.15) is 37.3 Å². The van der Waals surface area contributed by atoms with Gasteiger partial charge in [0.2, 0.25) is 10.0 Å². The van der Waals surface area contributed by atoms with Gasteiger partial charge in [0.25, 0.3) is 0 Å². The molecule has 0 spiro atoms. The average molecular weight is 297 g/mol. The van der Waals surface area contributed by atoms with E-state index in [1.165, 1.54) is 17.5 Å². The summed E-state index contributed by atoms with van der Waals surface area (Å²) in [5.74, 6) is 0. The summed E-state index contributed by atoms with van der Waals surface area (Å²) in [5.41, 5.74) is 2.49. The Bertz CT molecular complexity index is 540. The molecule has 1 aliphatic carbocycles. The van der Waals surface area contributed by atoms with E-state index >= 15 is 0 Å². The lowest BCUT2D eigenvalue weighted by Crippen LogP contribution is -2.26. The third-order valence-corrected chi connectivity index (χ3v) is 5.05. The van der Waals surface area contributed by atoms with Crippen LogP contribution in [0.4, 0.5) is 0 Å². The number of sulfonamides is 1. The van der Waals surface area contributed by atoms with E-state index in [0.29, 0.717) is 31.1 Å². The van der Waals surface area contributed by atoms with E-state index in [1.54, 1.807) is 6.07 Å². The quantitative estimate of drug-likeness (QED) is 0.786. The van der Waals surface area contributed by atoms with Crippen LogP contribution in [0.25, 0.3) is 0 Å². The van der Waals surface area contributed by atoms with Crippen LogP contribution in [-0.4, -0.2) is 28.2 Å². The molecule has 4 nitrogen and oxygen atoms in total. The zero-order chi connectivity index (χ0) is 14.4. The molecule has 0 radical (unpaired) electrons. The summed E-state index contributed by atoms with van der Waals surface area (Å²) in [6, 6.07) is 5.51. The average Bonchev–Trinajstić information content (AvgIpc) is 2.46. The predicted octanol–water partition coefficient (Wildman–Crippen LogP) is 2.27. The summed E-state index contributed by atoms with van der Waals surface area (Å²) in [6.07, 6.45) is 5.10. The van der Waals surface area contributed by atoms with E-state index in [1.807, 2.05) is 19.1 Å². The molecule has 2 rings (SSSR count). The van der Waals surface area contributed by atoms with E-state index in [9.17, 15) is 8.42 Å². The van der Waals surface area contributed by atoms with Crippen LogP contribution >= 0.6 is 0 Å². The largest absolute Gasteiger partial charge is 0.382 e. The maximum absolute atomic E-state index is 12.2. The highest BCUT2D eigenvalue weighted by Gasteiger charge is 2.17. The highest BCUT2D eigenvalue weighted by atomic mass is 32.2. The Labute approximate surface area is 121 Å². The van der Waals surface area contributed by atoms with Gasteiger partial charge in [-0.15, -0.1) is 0 Å². The van der Waals surface area contributed by atoms with Gasteiger partial charge in [-0.2, -0.15) is 0 Å². The van der Waals surface area contributed by atoms with Gasteiger partial charge in [0, 0.05) is 19.8 Å². The van der Waals surface area contributed by atoms with Crippen molar-refractivity contribution in [1.29, 1.82) is 0 Å². The molecule has 1 N–H and O–H groups in total. The SMILES string of the molecule is CCOCCCNS(=O)(=O)c1ccc2c(c1)CCCC2. The van der Waals surface area contributed by atoms with Crippen LogP contribution in [0.2, 0.25) is 0 Å². The van der Waals surface area contributed by atoms with Gasteiger partial charge in [0.15, 0.2) is 0 Å². The summed E-state index contributed by atoms with van der Waals surface area (Å²) in [4.78, 5) is 0.384. The molecule has 0 fully saturated rings. The van der Waals surface area contributed by atoms with Crippen LogP contribution in [0, 0.1) is 0 Å². The van der Waals surface area contributed by atoms with Crippen molar-refractivity contribution in [3.8, 4) is 0 Å². The van der Waals surface area contributed by atoms with Crippen molar-refractivity contribution >= 4 is 10.0 Å². The van der Waals surface area contributed by atoms with Crippen LogP contribution < -0.4 is 4.72 Å². The minimum absolute atomic E-state index is 0.384. The Morgan fingerprint density at radius 3 is 2.70 bits per heavy atom. The Kier molecular flexibility index (Phi) is 5.57. The Hall–Kier alpha value is -0.910. The van der Waals surface area contributed by atoms with Crippen LogP contribution in [0.5, 0.6) is 0 Å². The molecule has 0 bridgehead atoms.